The first-order valence-corrected chi connectivity index (χ1v) is 7.53. The van der Waals surface area contributed by atoms with Crippen molar-refractivity contribution in [2.75, 3.05) is 5.32 Å². The maximum absolute atomic E-state index is 13.1. The lowest BCUT2D eigenvalue weighted by atomic mass is 10.1. The summed E-state index contributed by atoms with van der Waals surface area (Å²) in [6.07, 6.45) is 0. The minimum absolute atomic E-state index is 0.0861. The molecule has 0 spiro atoms. The summed E-state index contributed by atoms with van der Waals surface area (Å²) in [7, 11) is 0. The van der Waals surface area contributed by atoms with Crippen LogP contribution in [-0.4, -0.2) is 0 Å². The van der Waals surface area contributed by atoms with Crippen molar-refractivity contribution in [3.8, 4) is 0 Å². The molecular formula is C15H14Br2FN. The number of benzene rings is 2. The van der Waals surface area contributed by atoms with Crippen LogP contribution in [0.5, 0.6) is 0 Å². The highest BCUT2D eigenvalue weighted by molar-refractivity contribution is 9.10. The van der Waals surface area contributed by atoms with Crippen molar-refractivity contribution in [2.24, 2.45) is 0 Å². The summed E-state index contributed by atoms with van der Waals surface area (Å²) in [6.45, 7) is 4.11. The van der Waals surface area contributed by atoms with Crippen molar-refractivity contribution in [3.05, 3.63) is 62.3 Å². The van der Waals surface area contributed by atoms with Gasteiger partial charge >= 0.3 is 0 Å². The van der Waals surface area contributed by atoms with E-state index in [0.717, 1.165) is 20.2 Å². The third-order valence-electron chi connectivity index (χ3n) is 3.00. The van der Waals surface area contributed by atoms with Gasteiger partial charge in [0.2, 0.25) is 0 Å². The van der Waals surface area contributed by atoms with Crippen LogP contribution in [0.2, 0.25) is 0 Å². The number of rotatable bonds is 3. The van der Waals surface area contributed by atoms with Crippen molar-refractivity contribution in [3.63, 3.8) is 0 Å². The van der Waals surface area contributed by atoms with Crippen LogP contribution in [0.4, 0.5) is 10.1 Å². The number of anilines is 1. The van der Waals surface area contributed by atoms with Gasteiger partial charge in [-0.1, -0.05) is 44.0 Å². The molecule has 0 amide bonds. The fraction of sp³-hybridized carbons (Fsp3) is 0.200. The van der Waals surface area contributed by atoms with Gasteiger partial charge in [0.05, 0.1) is 0 Å². The topological polar surface area (TPSA) is 12.0 Å². The van der Waals surface area contributed by atoms with E-state index in [1.807, 2.05) is 12.1 Å². The lowest BCUT2D eigenvalue weighted by molar-refractivity contribution is 0.625. The van der Waals surface area contributed by atoms with Crippen LogP contribution in [0, 0.1) is 12.7 Å². The molecule has 1 nitrogen and oxygen atoms in total. The largest absolute Gasteiger partial charge is 0.378 e. The van der Waals surface area contributed by atoms with Gasteiger partial charge in [0.15, 0.2) is 0 Å². The number of hydrogen-bond acceptors (Lipinski definition) is 1. The van der Waals surface area contributed by atoms with E-state index in [1.54, 1.807) is 6.07 Å². The van der Waals surface area contributed by atoms with Gasteiger partial charge < -0.3 is 5.32 Å². The molecule has 0 radical (unpaired) electrons. The molecule has 0 bridgehead atoms. The van der Waals surface area contributed by atoms with Crippen LogP contribution >= 0.6 is 31.9 Å². The Morgan fingerprint density at radius 3 is 2.53 bits per heavy atom. The van der Waals surface area contributed by atoms with Gasteiger partial charge in [0.1, 0.15) is 5.82 Å². The molecule has 0 fully saturated rings. The molecule has 1 atom stereocenters. The fourth-order valence-electron chi connectivity index (χ4n) is 1.91. The molecule has 1 unspecified atom stereocenters. The van der Waals surface area contributed by atoms with Crippen molar-refractivity contribution in [1.82, 2.24) is 0 Å². The zero-order valence-corrected chi connectivity index (χ0v) is 13.8. The molecule has 0 aliphatic heterocycles. The average Bonchev–Trinajstić information content (AvgIpc) is 2.33. The van der Waals surface area contributed by atoms with Crippen LogP contribution in [-0.2, 0) is 0 Å². The summed E-state index contributed by atoms with van der Waals surface area (Å²) in [5, 5.41) is 3.45. The van der Waals surface area contributed by atoms with Gasteiger partial charge in [0.25, 0.3) is 0 Å². The highest BCUT2D eigenvalue weighted by Gasteiger charge is 2.11. The summed E-state index contributed by atoms with van der Waals surface area (Å²) >= 11 is 6.87. The molecule has 0 saturated carbocycles. The van der Waals surface area contributed by atoms with Crippen LogP contribution in [0.15, 0.2) is 45.3 Å². The van der Waals surface area contributed by atoms with Crippen molar-refractivity contribution in [2.45, 2.75) is 19.9 Å². The minimum Gasteiger partial charge on any atom is -0.378 e. The van der Waals surface area contributed by atoms with E-state index in [9.17, 15) is 4.39 Å². The summed E-state index contributed by atoms with van der Waals surface area (Å²) in [6, 6.07) is 11.0. The molecule has 2 aromatic rings. The van der Waals surface area contributed by atoms with Crippen LogP contribution in [0.3, 0.4) is 0 Å². The Labute approximate surface area is 129 Å². The molecule has 2 aromatic carbocycles. The Hall–Kier alpha value is -0.870. The number of aryl methyl sites for hydroxylation is 1. The van der Waals surface area contributed by atoms with Crippen LogP contribution in [0.1, 0.15) is 24.1 Å². The first-order chi connectivity index (χ1) is 8.97. The van der Waals surface area contributed by atoms with E-state index in [1.165, 1.54) is 17.7 Å². The Kier molecular flexibility index (Phi) is 4.63. The summed E-state index contributed by atoms with van der Waals surface area (Å²) in [5.41, 5.74) is 3.27. The second kappa shape index (κ2) is 6.06. The molecule has 0 heterocycles. The summed E-state index contributed by atoms with van der Waals surface area (Å²) in [4.78, 5) is 0. The quantitative estimate of drug-likeness (QED) is 0.699. The number of halogens is 3. The lowest BCUT2D eigenvalue weighted by Gasteiger charge is -2.19. The van der Waals surface area contributed by atoms with E-state index in [-0.39, 0.29) is 11.9 Å². The monoisotopic (exact) mass is 385 g/mol. The molecule has 0 saturated heterocycles. The zero-order valence-electron chi connectivity index (χ0n) is 10.7. The zero-order chi connectivity index (χ0) is 14.0. The molecule has 0 aliphatic carbocycles. The van der Waals surface area contributed by atoms with E-state index in [4.69, 9.17) is 0 Å². The third-order valence-corrected chi connectivity index (χ3v) is 4.18. The predicted molar refractivity (Wildman–Crippen MR) is 85.0 cm³/mol. The van der Waals surface area contributed by atoms with Crippen LogP contribution in [0.25, 0.3) is 0 Å². The molecule has 1 N–H and O–H groups in total. The van der Waals surface area contributed by atoms with Gasteiger partial charge in [-0.15, -0.1) is 0 Å². The highest BCUT2D eigenvalue weighted by Crippen LogP contribution is 2.29. The van der Waals surface area contributed by atoms with E-state index in [0.29, 0.717) is 0 Å². The number of hydrogen-bond donors (Lipinski definition) is 1. The SMILES string of the molecule is Cc1ccc(Br)cc1NC(C)c1ccc(F)cc1Br. The summed E-state index contributed by atoms with van der Waals surface area (Å²) < 4.78 is 14.9. The smallest absolute Gasteiger partial charge is 0.124 e. The van der Waals surface area contributed by atoms with Crippen molar-refractivity contribution < 1.29 is 4.39 Å². The Morgan fingerprint density at radius 2 is 1.84 bits per heavy atom. The van der Waals surface area contributed by atoms with Gasteiger partial charge in [-0.2, -0.15) is 0 Å². The Bertz CT molecular complexity index is 599. The molecule has 19 heavy (non-hydrogen) atoms. The standard InChI is InChI=1S/C15H14Br2FN/c1-9-3-4-11(16)7-15(9)19-10(2)13-6-5-12(18)8-14(13)17/h3-8,10,19H,1-2H3. The first-order valence-electron chi connectivity index (χ1n) is 5.95. The van der Waals surface area contributed by atoms with E-state index in [2.05, 4.69) is 57.1 Å². The van der Waals surface area contributed by atoms with Gasteiger partial charge in [-0.05, 0) is 49.2 Å². The van der Waals surface area contributed by atoms with Crippen molar-refractivity contribution >= 4 is 37.5 Å². The Balaban J connectivity index is 2.25. The van der Waals surface area contributed by atoms with Crippen LogP contribution < -0.4 is 5.32 Å². The van der Waals surface area contributed by atoms with E-state index < -0.39 is 0 Å². The first kappa shape index (κ1) is 14.5. The summed E-state index contributed by atoms with van der Waals surface area (Å²) in [5.74, 6) is -0.235. The van der Waals surface area contributed by atoms with Gasteiger partial charge in [-0.25, -0.2) is 4.39 Å². The van der Waals surface area contributed by atoms with Gasteiger partial charge in [-0.3, -0.25) is 0 Å². The predicted octanol–water partition coefficient (Wildman–Crippen LogP) is 5.83. The second-order valence-corrected chi connectivity index (χ2v) is 6.26. The van der Waals surface area contributed by atoms with Gasteiger partial charge in [0, 0.05) is 20.7 Å². The third kappa shape index (κ3) is 3.57. The fourth-order valence-corrected chi connectivity index (χ4v) is 2.97. The number of nitrogens with one attached hydrogen (secondary N) is 1. The maximum Gasteiger partial charge on any atom is 0.124 e. The molecule has 100 valence electrons. The molecule has 4 heteroatoms. The normalized spacial score (nSPS) is 12.3. The molecule has 0 aromatic heterocycles. The highest BCUT2D eigenvalue weighted by atomic mass is 79.9. The Morgan fingerprint density at radius 1 is 1.11 bits per heavy atom. The molecule has 0 aliphatic rings. The second-order valence-electron chi connectivity index (χ2n) is 4.49. The minimum atomic E-state index is -0.235. The maximum atomic E-state index is 13.1. The molecular weight excluding hydrogens is 373 g/mol. The van der Waals surface area contributed by atoms with Crippen molar-refractivity contribution in [1.29, 1.82) is 0 Å². The average molecular weight is 387 g/mol. The molecule has 2 rings (SSSR count). The lowest BCUT2D eigenvalue weighted by Crippen LogP contribution is -2.08. The van der Waals surface area contributed by atoms with E-state index >= 15 is 0 Å².